The van der Waals surface area contributed by atoms with Gasteiger partial charge in [0.25, 0.3) is 0 Å². The molecular formula is C37H43FN6O3Si. The summed E-state index contributed by atoms with van der Waals surface area (Å²) in [5, 5.41) is 2.59. The third-order valence-corrected chi connectivity index (χ3v) is 12.8. The number of hydrogen-bond acceptors (Lipinski definition) is 5. The number of alkyl halides is 1. The van der Waals surface area contributed by atoms with E-state index < -0.39 is 32.4 Å². The van der Waals surface area contributed by atoms with Gasteiger partial charge in [-0.3, -0.25) is 4.79 Å². The molecule has 0 aliphatic carbocycles. The Morgan fingerprint density at radius 1 is 0.958 bits per heavy atom. The molecule has 0 spiro atoms. The predicted molar refractivity (Wildman–Crippen MR) is 187 cm³/mol. The van der Waals surface area contributed by atoms with E-state index in [1.807, 2.05) is 56.4 Å². The quantitative estimate of drug-likeness (QED) is 0.144. The Bertz CT molecular complexity index is 1820. The van der Waals surface area contributed by atoms with Crippen molar-refractivity contribution in [2.45, 2.75) is 76.0 Å². The van der Waals surface area contributed by atoms with Crippen LogP contribution in [0.15, 0.2) is 60.9 Å². The van der Waals surface area contributed by atoms with Crippen molar-refractivity contribution in [3.8, 4) is 34.4 Å². The van der Waals surface area contributed by atoms with Crippen LogP contribution in [-0.2, 0) is 9.53 Å². The molecule has 11 heteroatoms. The molecule has 6 rings (SSSR count). The lowest BCUT2D eigenvalue weighted by atomic mass is 10.0. The highest BCUT2D eigenvalue weighted by atomic mass is 28.3. The second kappa shape index (κ2) is 13.8. The number of alkyl carbamates (subject to hydrolysis) is 1. The molecule has 2 fully saturated rings. The van der Waals surface area contributed by atoms with Gasteiger partial charge in [0.1, 0.15) is 23.9 Å². The van der Waals surface area contributed by atoms with Crippen molar-refractivity contribution in [3.05, 3.63) is 83.7 Å². The molecule has 9 nitrogen and oxygen atoms in total. The summed E-state index contributed by atoms with van der Waals surface area (Å²) >= 11 is 0. The van der Waals surface area contributed by atoms with Crippen molar-refractivity contribution in [2.24, 2.45) is 5.92 Å². The average Bonchev–Trinajstić information content (AvgIpc) is 3.89. The Balaban J connectivity index is 1.10. The van der Waals surface area contributed by atoms with Crippen molar-refractivity contribution in [2.75, 3.05) is 13.7 Å². The molecule has 250 valence electrons. The van der Waals surface area contributed by atoms with E-state index in [2.05, 4.69) is 62.1 Å². The van der Waals surface area contributed by atoms with E-state index in [1.165, 1.54) is 30.5 Å². The highest BCUT2D eigenvalue weighted by Crippen LogP contribution is 2.40. The molecule has 2 amide bonds. The van der Waals surface area contributed by atoms with E-state index in [4.69, 9.17) is 4.98 Å². The summed E-state index contributed by atoms with van der Waals surface area (Å²) in [6.45, 7) is 8.52. The zero-order valence-electron chi connectivity index (χ0n) is 28.1. The lowest BCUT2D eigenvalue weighted by molar-refractivity contribution is -0.135. The third kappa shape index (κ3) is 7.39. The number of amides is 2. The number of carbonyl (C=O) groups excluding carboxylic acids is 2. The molecule has 0 bridgehead atoms. The summed E-state index contributed by atoms with van der Waals surface area (Å²) in [4.78, 5) is 42.8. The van der Waals surface area contributed by atoms with Crippen molar-refractivity contribution >= 4 is 20.1 Å². The molecule has 0 saturated carbocycles. The minimum absolute atomic E-state index is 0.0635. The highest BCUT2D eigenvalue weighted by molar-refractivity contribution is 6.78. The number of hydrogen-bond donors (Lipinski definition) is 3. The molecule has 2 aliphatic heterocycles. The number of rotatable bonds is 7. The van der Waals surface area contributed by atoms with Gasteiger partial charge in [-0.15, -0.1) is 0 Å². The van der Waals surface area contributed by atoms with Crippen LogP contribution in [0.4, 0.5) is 9.18 Å². The Kier molecular flexibility index (Phi) is 9.55. The number of nitrogens with zero attached hydrogens (tertiary/aromatic N) is 3. The van der Waals surface area contributed by atoms with Crippen molar-refractivity contribution in [1.29, 1.82) is 0 Å². The molecule has 2 aromatic carbocycles. The molecule has 3 N–H and O–H groups in total. The van der Waals surface area contributed by atoms with Crippen LogP contribution in [-0.4, -0.2) is 70.8 Å². The minimum atomic E-state index is -1.19. The van der Waals surface area contributed by atoms with Gasteiger partial charge in [0, 0.05) is 31.5 Å². The first-order chi connectivity index (χ1) is 23.0. The summed E-state index contributed by atoms with van der Waals surface area (Å²) in [5.74, 6) is 8.10. The number of likely N-dealkylation sites (tertiary alicyclic amines) is 1. The Hall–Kier alpha value is -4.69. The number of aromatic amines is 2. The number of ether oxygens (including phenoxy) is 1. The number of methoxy groups -OCH3 is 1. The van der Waals surface area contributed by atoms with E-state index in [0.29, 0.717) is 11.7 Å². The van der Waals surface area contributed by atoms with Crippen LogP contribution in [0.3, 0.4) is 0 Å². The zero-order valence-corrected chi connectivity index (χ0v) is 29.1. The summed E-state index contributed by atoms with van der Waals surface area (Å²) in [6, 6.07) is 17.3. The minimum Gasteiger partial charge on any atom is -0.453 e. The topological polar surface area (TPSA) is 116 Å². The van der Waals surface area contributed by atoms with E-state index in [0.717, 1.165) is 39.5 Å². The predicted octanol–water partition coefficient (Wildman–Crippen LogP) is 7.05. The standard InChI is InChI=1S/C37H43FN6O3Si/c1-23(2)33(43-37(46)47-3)36(45)44-21-29(38)18-32(44)35-40-20-31(42-35)27-14-10-25(11-15-27)7-6-24-8-12-26(13-9-24)30-19-39-34(41-30)28-16-17-48(4,5)22-28/h8-15,19-20,23,28-29,32-33H,16-18,21-22H2,1-5H3,(H,39,41)(H,40,42)(H,43,46)/t28-,29+,32-,33-/m0/s1. The lowest BCUT2D eigenvalue weighted by Gasteiger charge is -2.29. The number of H-pyrrole nitrogens is 2. The first-order valence-electron chi connectivity index (χ1n) is 16.6. The fourth-order valence-electron chi connectivity index (χ4n) is 6.79. The summed E-state index contributed by atoms with van der Waals surface area (Å²) in [6.07, 6.45) is 3.11. The van der Waals surface area contributed by atoms with Gasteiger partial charge in [-0.05, 0) is 53.8 Å². The van der Waals surface area contributed by atoms with Crippen molar-refractivity contribution in [1.82, 2.24) is 30.2 Å². The SMILES string of the molecule is COC(=O)N[C@H](C(=O)N1C[C@H](F)C[C@H]1c1ncc(-c2ccc(C#Cc3ccc(-c4cnc([C@H]5CC[Si](C)(C)C5)[nH]4)cc3)cc2)[nH]1)C(C)C. The van der Waals surface area contributed by atoms with Gasteiger partial charge < -0.3 is 24.9 Å². The molecule has 4 aromatic rings. The number of imidazole rings is 2. The second-order valence-electron chi connectivity index (χ2n) is 14.1. The maximum Gasteiger partial charge on any atom is 0.407 e. The largest absolute Gasteiger partial charge is 0.453 e. The molecule has 4 heterocycles. The van der Waals surface area contributed by atoms with Crippen LogP contribution in [0.1, 0.15) is 61.4 Å². The van der Waals surface area contributed by atoms with Gasteiger partial charge in [0.05, 0.1) is 43.5 Å². The third-order valence-electron chi connectivity index (χ3n) is 9.53. The number of benzene rings is 2. The van der Waals surface area contributed by atoms with Gasteiger partial charge in [0.2, 0.25) is 5.91 Å². The summed E-state index contributed by atoms with van der Waals surface area (Å²) in [5.41, 5.74) is 5.58. The fraction of sp³-hybridized carbons (Fsp3) is 0.405. The van der Waals surface area contributed by atoms with Gasteiger partial charge >= 0.3 is 6.09 Å². The Morgan fingerprint density at radius 3 is 2.04 bits per heavy atom. The van der Waals surface area contributed by atoms with E-state index >= 15 is 0 Å². The maximum absolute atomic E-state index is 14.6. The van der Waals surface area contributed by atoms with Crippen LogP contribution in [0.25, 0.3) is 22.5 Å². The Morgan fingerprint density at radius 2 is 1.52 bits per heavy atom. The fourth-order valence-corrected chi connectivity index (χ4v) is 9.85. The second-order valence-corrected chi connectivity index (χ2v) is 19.3. The summed E-state index contributed by atoms with van der Waals surface area (Å²) in [7, 11) is 0.180. The molecule has 48 heavy (non-hydrogen) atoms. The van der Waals surface area contributed by atoms with Crippen LogP contribution < -0.4 is 5.32 Å². The van der Waals surface area contributed by atoms with Gasteiger partial charge in [-0.1, -0.05) is 69.1 Å². The van der Waals surface area contributed by atoms with E-state index in [1.54, 1.807) is 6.20 Å². The van der Waals surface area contributed by atoms with Crippen LogP contribution in [0.2, 0.25) is 25.2 Å². The highest BCUT2D eigenvalue weighted by Gasteiger charge is 2.41. The van der Waals surface area contributed by atoms with Crippen molar-refractivity contribution < 1.29 is 18.7 Å². The molecule has 0 unspecified atom stereocenters. The zero-order chi connectivity index (χ0) is 34.0. The molecule has 2 aromatic heterocycles. The van der Waals surface area contributed by atoms with E-state index in [9.17, 15) is 14.0 Å². The average molecular weight is 667 g/mol. The van der Waals surface area contributed by atoms with Gasteiger partial charge in [0.15, 0.2) is 0 Å². The molecule has 2 aliphatic rings. The summed E-state index contributed by atoms with van der Waals surface area (Å²) < 4.78 is 19.3. The normalized spacial score (nSPS) is 20.7. The number of carbonyl (C=O) groups is 2. The van der Waals surface area contributed by atoms with Gasteiger partial charge in [-0.25, -0.2) is 19.2 Å². The molecule has 4 atom stereocenters. The number of halogens is 1. The number of aromatic nitrogens is 4. The first kappa shape index (κ1) is 33.2. The smallest absolute Gasteiger partial charge is 0.407 e. The first-order valence-corrected chi connectivity index (χ1v) is 20.0. The maximum atomic E-state index is 14.6. The van der Waals surface area contributed by atoms with Crippen molar-refractivity contribution in [3.63, 3.8) is 0 Å². The molecule has 0 radical (unpaired) electrons. The van der Waals surface area contributed by atoms with Crippen LogP contribution >= 0.6 is 0 Å². The van der Waals surface area contributed by atoms with Gasteiger partial charge in [-0.2, -0.15) is 0 Å². The molecular weight excluding hydrogens is 624 g/mol. The van der Waals surface area contributed by atoms with E-state index in [-0.39, 0.29) is 24.8 Å². The monoisotopic (exact) mass is 666 g/mol. The lowest BCUT2D eigenvalue weighted by Crippen LogP contribution is -2.51. The Labute approximate surface area is 282 Å². The van der Waals surface area contributed by atoms with Crippen LogP contribution in [0.5, 0.6) is 0 Å². The van der Waals surface area contributed by atoms with Crippen LogP contribution in [0, 0.1) is 17.8 Å². The molecule has 2 saturated heterocycles. The number of nitrogens with one attached hydrogen (secondary N) is 3.